The second kappa shape index (κ2) is 10.7. The molecule has 12 heteroatoms. The van der Waals surface area contributed by atoms with Crippen LogP contribution in [0.3, 0.4) is 0 Å². The Balaban J connectivity index is 0.000000292. The quantitative estimate of drug-likeness (QED) is 0.290. The van der Waals surface area contributed by atoms with Crippen molar-refractivity contribution in [3.8, 4) is 0 Å². The van der Waals surface area contributed by atoms with E-state index in [4.69, 9.17) is 37.8 Å². The summed E-state index contributed by atoms with van der Waals surface area (Å²) < 4.78 is 0. The number of aliphatic hydroxyl groups is 2. The first-order valence-electron chi connectivity index (χ1n) is 11.1. The van der Waals surface area contributed by atoms with Gasteiger partial charge in [0.25, 0.3) is 5.91 Å². The van der Waals surface area contributed by atoms with Crippen LogP contribution in [-0.4, -0.2) is 86.0 Å². The second-order valence-corrected chi connectivity index (χ2v) is 9.44. The van der Waals surface area contributed by atoms with E-state index >= 15 is 0 Å². The topological polar surface area (TPSA) is 186 Å². The number of amides is 1. The first kappa shape index (κ1) is 26.6. The van der Waals surface area contributed by atoms with E-state index in [9.17, 15) is 14.4 Å². The Morgan fingerprint density at radius 2 is 1.74 bits per heavy atom. The highest BCUT2D eigenvalue weighted by Crippen LogP contribution is 2.51. The van der Waals surface area contributed by atoms with E-state index in [-0.39, 0.29) is 5.91 Å². The molecular formula is C23H29ClN4O7. The lowest BCUT2D eigenvalue weighted by Crippen LogP contribution is -2.39. The molecule has 2 fully saturated rings. The molecule has 1 aromatic carbocycles. The maximum absolute atomic E-state index is 12.7. The largest absolute Gasteiger partial charge is 0.479 e. The molecule has 1 saturated carbocycles. The van der Waals surface area contributed by atoms with Crippen LogP contribution in [0.1, 0.15) is 24.2 Å². The molecule has 2 aliphatic rings. The van der Waals surface area contributed by atoms with Crippen LogP contribution < -0.4 is 11.1 Å². The summed E-state index contributed by atoms with van der Waals surface area (Å²) >= 11 is 6.20. The van der Waals surface area contributed by atoms with Crippen LogP contribution in [0.15, 0.2) is 24.4 Å². The Kier molecular flexibility index (Phi) is 8.16. The van der Waals surface area contributed by atoms with Crippen LogP contribution in [0.2, 0.25) is 5.02 Å². The van der Waals surface area contributed by atoms with Crippen molar-refractivity contribution in [2.24, 2.45) is 17.8 Å². The number of rotatable bonds is 7. The molecule has 1 aliphatic heterocycles. The Morgan fingerprint density at radius 3 is 2.26 bits per heavy atom. The normalized spacial score (nSPS) is 22.6. The van der Waals surface area contributed by atoms with E-state index in [2.05, 4.69) is 29.0 Å². The molecule has 4 rings (SSSR count). The number of aromatic nitrogens is 1. The van der Waals surface area contributed by atoms with Crippen molar-refractivity contribution in [1.29, 1.82) is 0 Å². The van der Waals surface area contributed by atoms with Gasteiger partial charge < -0.3 is 36.4 Å². The molecule has 4 unspecified atom stereocenters. The number of carbonyl (C=O) groups excluding carboxylic acids is 1. The third-order valence-electron chi connectivity index (χ3n) is 6.56. The Morgan fingerprint density at radius 1 is 1.17 bits per heavy atom. The first-order valence-corrected chi connectivity index (χ1v) is 11.5. The minimum absolute atomic E-state index is 0.128. The number of aliphatic carboxylic acids is 2. The van der Waals surface area contributed by atoms with Crippen molar-refractivity contribution in [3.05, 3.63) is 35.0 Å². The number of pyridine rings is 1. The molecule has 2 heterocycles. The third-order valence-corrected chi connectivity index (χ3v) is 6.87. The molecule has 0 radical (unpaired) electrons. The number of nitrogens with two attached hydrogens (primary N) is 1. The molecule has 0 spiro atoms. The van der Waals surface area contributed by atoms with Crippen molar-refractivity contribution in [1.82, 2.24) is 15.2 Å². The van der Waals surface area contributed by atoms with Gasteiger partial charge in [0.1, 0.15) is 0 Å². The number of piperidine rings is 1. The molecule has 1 aliphatic carbocycles. The SMILES string of the molecule is CC(C)N1CC2C(CNC(=O)c3cc(Cl)c(N)c4cccnc34)C2C1.O=C(O)C(O)C(O)C(=O)O. The van der Waals surface area contributed by atoms with Gasteiger partial charge in [-0.25, -0.2) is 9.59 Å². The lowest BCUT2D eigenvalue weighted by atomic mass is 10.1. The highest BCUT2D eigenvalue weighted by molar-refractivity contribution is 6.35. The zero-order valence-electron chi connectivity index (χ0n) is 19.3. The highest BCUT2D eigenvalue weighted by atomic mass is 35.5. The third kappa shape index (κ3) is 5.81. The molecule has 1 saturated heterocycles. The molecule has 1 aromatic heterocycles. The van der Waals surface area contributed by atoms with Gasteiger partial charge in [0.05, 0.1) is 21.8 Å². The number of hydrogen-bond acceptors (Lipinski definition) is 8. The Labute approximate surface area is 206 Å². The predicted octanol–water partition coefficient (Wildman–Crippen LogP) is 0.664. The first-order chi connectivity index (χ1) is 16.4. The average Bonchev–Trinajstić information content (AvgIpc) is 3.26. The molecule has 7 N–H and O–H groups in total. The van der Waals surface area contributed by atoms with Crippen LogP contribution in [-0.2, 0) is 9.59 Å². The molecule has 4 atom stereocenters. The number of fused-ring (bicyclic) bond motifs is 2. The fourth-order valence-corrected chi connectivity index (χ4v) is 4.61. The number of hydrogen-bond donors (Lipinski definition) is 6. The van der Waals surface area contributed by atoms with Crippen molar-refractivity contribution >= 4 is 46.0 Å². The van der Waals surface area contributed by atoms with Gasteiger partial charge in [0.2, 0.25) is 0 Å². The number of nitrogens with one attached hydrogen (secondary N) is 1. The standard InChI is InChI=1S/C19H23ClN4O.C4H6O6/c1-10(2)24-8-14-13(15(14)9-24)7-23-19(25)12-6-16(20)17(21)11-4-3-5-22-18(11)12;5-1(3(7)8)2(6)4(9)10/h3-6,10,13-15H,7-9,21H2,1-2H3,(H,23,25);1-2,5-6H,(H,7,8)(H,9,10). The number of carboxylic acid groups (broad SMARTS) is 2. The summed E-state index contributed by atoms with van der Waals surface area (Å²) in [6, 6.07) is 5.86. The van der Waals surface area contributed by atoms with Gasteiger partial charge in [-0.3, -0.25) is 9.78 Å². The van der Waals surface area contributed by atoms with E-state index in [0.29, 0.717) is 33.7 Å². The van der Waals surface area contributed by atoms with Crippen LogP contribution in [0.4, 0.5) is 5.69 Å². The van der Waals surface area contributed by atoms with Crippen LogP contribution in [0, 0.1) is 17.8 Å². The van der Waals surface area contributed by atoms with E-state index in [0.717, 1.165) is 36.9 Å². The van der Waals surface area contributed by atoms with Gasteiger partial charge in [-0.1, -0.05) is 11.6 Å². The highest BCUT2D eigenvalue weighted by Gasteiger charge is 2.55. The number of aliphatic hydroxyl groups excluding tert-OH is 2. The number of nitrogens with zero attached hydrogens (tertiary/aromatic N) is 2. The summed E-state index contributed by atoms with van der Waals surface area (Å²) in [4.78, 5) is 39.1. The molecule has 0 bridgehead atoms. The maximum atomic E-state index is 12.7. The number of carboxylic acids is 2. The van der Waals surface area contributed by atoms with Gasteiger partial charge in [0, 0.05) is 37.3 Å². The summed E-state index contributed by atoms with van der Waals surface area (Å²) in [7, 11) is 0. The monoisotopic (exact) mass is 508 g/mol. The van der Waals surface area contributed by atoms with Gasteiger partial charge in [-0.15, -0.1) is 0 Å². The zero-order chi connectivity index (χ0) is 26.0. The molecule has 11 nitrogen and oxygen atoms in total. The van der Waals surface area contributed by atoms with E-state index in [1.165, 1.54) is 0 Å². The number of carbonyl (C=O) groups is 3. The number of benzene rings is 1. The Bertz CT molecular complexity index is 1100. The average molecular weight is 509 g/mol. The van der Waals surface area contributed by atoms with Gasteiger partial charge in [-0.2, -0.15) is 0 Å². The lowest BCUT2D eigenvalue weighted by Gasteiger charge is -2.23. The number of likely N-dealkylation sites (tertiary alicyclic amines) is 1. The summed E-state index contributed by atoms with van der Waals surface area (Å²) in [5.74, 6) is -1.61. The van der Waals surface area contributed by atoms with E-state index in [1.807, 2.05) is 6.07 Å². The summed E-state index contributed by atoms with van der Waals surface area (Å²) in [5, 5.41) is 36.7. The molecule has 190 valence electrons. The van der Waals surface area contributed by atoms with Crippen molar-refractivity contribution in [3.63, 3.8) is 0 Å². The van der Waals surface area contributed by atoms with Crippen LogP contribution in [0.5, 0.6) is 0 Å². The fraction of sp³-hybridized carbons (Fsp3) is 0.478. The smallest absolute Gasteiger partial charge is 0.335 e. The number of nitrogen functional groups attached to an aromatic ring is 1. The number of anilines is 1. The van der Waals surface area contributed by atoms with Gasteiger partial charge in [-0.05, 0) is 49.8 Å². The lowest BCUT2D eigenvalue weighted by molar-refractivity contribution is -0.165. The molecule has 35 heavy (non-hydrogen) atoms. The van der Waals surface area contributed by atoms with Crippen molar-refractivity contribution in [2.45, 2.75) is 32.1 Å². The zero-order valence-corrected chi connectivity index (χ0v) is 20.0. The van der Waals surface area contributed by atoms with Crippen LogP contribution >= 0.6 is 11.6 Å². The van der Waals surface area contributed by atoms with Crippen LogP contribution in [0.25, 0.3) is 10.9 Å². The Hall–Kier alpha value is -2.99. The fourth-order valence-electron chi connectivity index (χ4n) is 4.39. The van der Waals surface area contributed by atoms with E-state index in [1.54, 1.807) is 18.3 Å². The molecule has 2 aromatic rings. The molecule has 1 amide bonds. The summed E-state index contributed by atoms with van der Waals surface area (Å²) in [6.45, 7) is 7.51. The van der Waals surface area contributed by atoms with Crippen molar-refractivity contribution in [2.75, 3.05) is 25.4 Å². The second-order valence-electron chi connectivity index (χ2n) is 9.03. The van der Waals surface area contributed by atoms with Gasteiger partial charge >= 0.3 is 11.9 Å². The maximum Gasteiger partial charge on any atom is 0.335 e. The molecular weight excluding hydrogens is 480 g/mol. The number of halogens is 1. The predicted molar refractivity (Wildman–Crippen MR) is 128 cm³/mol. The summed E-state index contributed by atoms with van der Waals surface area (Å²) in [5.41, 5.74) is 7.57. The van der Waals surface area contributed by atoms with E-state index < -0.39 is 24.1 Å². The minimum Gasteiger partial charge on any atom is -0.479 e. The summed E-state index contributed by atoms with van der Waals surface area (Å²) in [6.07, 6.45) is -2.87. The van der Waals surface area contributed by atoms with Crippen molar-refractivity contribution < 1.29 is 34.8 Å². The minimum atomic E-state index is -2.27. The van der Waals surface area contributed by atoms with Gasteiger partial charge in [0.15, 0.2) is 12.2 Å².